The first-order chi connectivity index (χ1) is 9.86. The summed E-state index contributed by atoms with van der Waals surface area (Å²) in [5.74, 6) is 1.49. The van der Waals surface area contributed by atoms with Crippen molar-refractivity contribution < 1.29 is 9.47 Å². The van der Waals surface area contributed by atoms with Gasteiger partial charge in [-0.05, 0) is 29.8 Å². The second kappa shape index (κ2) is 5.61. The molecule has 2 aromatic carbocycles. The molecule has 0 radical (unpaired) electrons. The van der Waals surface area contributed by atoms with Crippen molar-refractivity contribution in [1.29, 1.82) is 0 Å². The molecular weight excluding hydrogens is 250 g/mol. The first-order valence-electron chi connectivity index (χ1n) is 6.46. The molecule has 0 aliphatic carbocycles. The summed E-state index contributed by atoms with van der Waals surface area (Å²) >= 11 is 0. The van der Waals surface area contributed by atoms with E-state index in [-0.39, 0.29) is 0 Å². The van der Waals surface area contributed by atoms with Crippen molar-refractivity contribution in [2.75, 3.05) is 7.11 Å². The molecule has 0 saturated heterocycles. The fourth-order valence-corrected chi connectivity index (χ4v) is 2.10. The Bertz CT molecular complexity index is 725. The van der Waals surface area contributed by atoms with Crippen LogP contribution in [0.15, 0.2) is 60.8 Å². The summed E-state index contributed by atoms with van der Waals surface area (Å²) < 4.78 is 11.1. The van der Waals surface area contributed by atoms with Crippen LogP contribution in [0.4, 0.5) is 0 Å². The van der Waals surface area contributed by atoms with Crippen molar-refractivity contribution in [3.8, 4) is 11.5 Å². The van der Waals surface area contributed by atoms with Crippen LogP contribution in [-0.4, -0.2) is 12.1 Å². The number of aromatic nitrogens is 1. The molecule has 3 nitrogen and oxygen atoms in total. The summed E-state index contributed by atoms with van der Waals surface area (Å²) in [6, 6.07) is 17.8. The predicted octanol–water partition coefficient (Wildman–Crippen LogP) is 3.82. The van der Waals surface area contributed by atoms with Crippen LogP contribution in [0.2, 0.25) is 0 Å². The van der Waals surface area contributed by atoms with E-state index in [0.29, 0.717) is 6.61 Å². The third-order valence-electron chi connectivity index (χ3n) is 3.13. The van der Waals surface area contributed by atoms with Gasteiger partial charge in [0.2, 0.25) is 0 Å². The summed E-state index contributed by atoms with van der Waals surface area (Å²) in [7, 11) is 1.64. The lowest BCUT2D eigenvalue weighted by atomic mass is 10.1. The zero-order chi connectivity index (χ0) is 13.8. The van der Waals surface area contributed by atoms with Gasteiger partial charge >= 0.3 is 0 Å². The minimum absolute atomic E-state index is 0.493. The molecule has 1 aromatic heterocycles. The Balaban J connectivity index is 1.79. The first-order valence-corrected chi connectivity index (χ1v) is 6.46. The van der Waals surface area contributed by atoms with Crippen LogP contribution in [0.5, 0.6) is 11.5 Å². The van der Waals surface area contributed by atoms with E-state index >= 15 is 0 Å². The number of fused-ring (bicyclic) bond motifs is 1. The zero-order valence-electron chi connectivity index (χ0n) is 11.2. The molecule has 3 heteroatoms. The average Bonchev–Trinajstić information content (AvgIpc) is 2.53. The zero-order valence-corrected chi connectivity index (χ0v) is 11.2. The summed E-state index contributed by atoms with van der Waals surface area (Å²) in [6.45, 7) is 0.493. The van der Waals surface area contributed by atoms with Gasteiger partial charge in [-0.3, -0.25) is 4.98 Å². The summed E-state index contributed by atoms with van der Waals surface area (Å²) in [4.78, 5) is 4.35. The number of pyridine rings is 1. The molecule has 1 heterocycles. The Morgan fingerprint density at radius 2 is 1.80 bits per heavy atom. The van der Waals surface area contributed by atoms with Gasteiger partial charge in [-0.2, -0.15) is 0 Å². The summed E-state index contributed by atoms with van der Waals surface area (Å²) in [6.07, 6.45) is 1.80. The molecule has 100 valence electrons. The van der Waals surface area contributed by atoms with Crippen molar-refractivity contribution in [2.24, 2.45) is 0 Å². The van der Waals surface area contributed by atoms with E-state index in [1.54, 1.807) is 13.3 Å². The standard InChI is InChI=1S/C17H15NO2/c1-19-16-6-2-3-7-17(16)20-12-13-8-9-14-5-4-10-18-15(14)11-13/h2-11H,12H2,1H3. The van der Waals surface area contributed by atoms with Crippen LogP contribution in [-0.2, 0) is 6.61 Å². The topological polar surface area (TPSA) is 31.4 Å². The smallest absolute Gasteiger partial charge is 0.161 e. The summed E-state index contributed by atoms with van der Waals surface area (Å²) in [5, 5.41) is 1.13. The molecule has 3 aromatic rings. The molecule has 0 unspecified atom stereocenters. The van der Waals surface area contributed by atoms with E-state index in [2.05, 4.69) is 17.1 Å². The number of nitrogens with zero attached hydrogens (tertiary/aromatic N) is 1. The van der Waals surface area contributed by atoms with Gasteiger partial charge in [-0.25, -0.2) is 0 Å². The molecule has 0 amide bonds. The second-order valence-corrected chi connectivity index (χ2v) is 4.47. The van der Waals surface area contributed by atoms with Gasteiger partial charge in [0, 0.05) is 11.6 Å². The lowest BCUT2D eigenvalue weighted by Crippen LogP contribution is -1.97. The molecule has 0 bridgehead atoms. The van der Waals surface area contributed by atoms with E-state index in [1.807, 2.05) is 42.5 Å². The Labute approximate surface area is 117 Å². The molecule has 0 aliphatic heterocycles. The number of ether oxygens (including phenoxy) is 2. The molecule has 3 rings (SSSR count). The van der Waals surface area contributed by atoms with Gasteiger partial charge in [0.15, 0.2) is 11.5 Å². The maximum Gasteiger partial charge on any atom is 0.161 e. The minimum Gasteiger partial charge on any atom is -0.493 e. The SMILES string of the molecule is COc1ccccc1OCc1ccc2cccnc2c1. The third kappa shape index (κ3) is 2.57. The van der Waals surface area contributed by atoms with E-state index in [0.717, 1.165) is 28.0 Å². The maximum absolute atomic E-state index is 5.81. The second-order valence-electron chi connectivity index (χ2n) is 4.47. The van der Waals surface area contributed by atoms with E-state index in [4.69, 9.17) is 9.47 Å². The maximum atomic E-state index is 5.81. The highest BCUT2D eigenvalue weighted by Crippen LogP contribution is 2.26. The van der Waals surface area contributed by atoms with Crippen molar-refractivity contribution in [3.05, 3.63) is 66.4 Å². The average molecular weight is 265 g/mol. The highest BCUT2D eigenvalue weighted by atomic mass is 16.5. The van der Waals surface area contributed by atoms with Gasteiger partial charge in [0.05, 0.1) is 12.6 Å². The van der Waals surface area contributed by atoms with Crippen LogP contribution >= 0.6 is 0 Å². The lowest BCUT2D eigenvalue weighted by molar-refractivity contribution is 0.284. The Hall–Kier alpha value is -2.55. The van der Waals surface area contributed by atoms with E-state index in [9.17, 15) is 0 Å². The van der Waals surface area contributed by atoms with E-state index < -0.39 is 0 Å². The van der Waals surface area contributed by atoms with Crippen LogP contribution in [0.1, 0.15) is 5.56 Å². The molecular formula is C17H15NO2. The molecule has 0 atom stereocenters. The van der Waals surface area contributed by atoms with Crippen LogP contribution in [0, 0.1) is 0 Å². The fourth-order valence-electron chi connectivity index (χ4n) is 2.10. The Kier molecular flexibility index (Phi) is 3.50. The number of hydrogen-bond acceptors (Lipinski definition) is 3. The lowest BCUT2D eigenvalue weighted by Gasteiger charge is -2.10. The minimum atomic E-state index is 0.493. The summed E-state index contributed by atoms with van der Waals surface area (Å²) in [5.41, 5.74) is 2.07. The van der Waals surface area contributed by atoms with Gasteiger partial charge in [-0.1, -0.05) is 30.3 Å². The monoisotopic (exact) mass is 265 g/mol. The molecule has 0 saturated carbocycles. The third-order valence-corrected chi connectivity index (χ3v) is 3.13. The Morgan fingerprint density at radius 3 is 2.65 bits per heavy atom. The predicted molar refractivity (Wildman–Crippen MR) is 79.1 cm³/mol. The van der Waals surface area contributed by atoms with Crippen LogP contribution < -0.4 is 9.47 Å². The van der Waals surface area contributed by atoms with Gasteiger partial charge in [0.25, 0.3) is 0 Å². The van der Waals surface area contributed by atoms with Crippen molar-refractivity contribution >= 4 is 10.9 Å². The fraction of sp³-hybridized carbons (Fsp3) is 0.118. The normalized spacial score (nSPS) is 10.4. The molecule has 0 N–H and O–H groups in total. The number of rotatable bonds is 4. The molecule has 20 heavy (non-hydrogen) atoms. The molecule has 0 aliphatic rings. The van der Waals surface area contributed by atoms with Crippen LogP contribution in [0.3, 0.4) is 0 Å². The van der Waals surface area contributed by atoms with Gasteiger partial charge in [-0.15, -0.1) is 0 Å². The van der Waals surface area contributed by atoms with Crippen molar-refractivity contribution in [1.82, 2.24) is 4.98 Å². The number of methoxy groups -OCH3 is 1. The largest absolute Gasteiger partial charge is 0.493 e. The van der Waals surface area contributed by atoms with Crippen LogP contribution in [0.25, 0.3) is 10.9 Å². The van der Waals surface area contributed by atoms with Crippen molar-refractivity contribution in [3.63, 3.8) is 0 Å². The van der Waals surface area contributed by atoms with Crippen molar-refractivity contribution in [2.45, 2.75) is 6.61 Å². The van der Waals surface area contributed by atoms with Gasteiger partial charge < -0.3 is 9.47 Å². The first kappa shape index (κ1) is 12.5. The highest BCUT2D eigenvalue weighted by Gasteiger charge is 2.03. The number of hydrogen-bond donors (Lipinski definition) is 0. The molecule has 0 spiro atoms. The quantitative estimate of drug-likeness (QED) is 0.718. The Morgan fingerprint density at radius 1 is 0.950 bits per heavy atom. The van der Waals surface area contributed by atoms with E-state index in [1.165, 1.54) is 0 Å². The number of para-hydroxylation sites is 2. The molecule has 0 fully saturated rings. The van der Waals surface area contributed by atoms with Gasteiger partial charge in [0.1, 0.15) is 6.61 Å². The number of benzene rings is 2. The highest BCUT2D eigenvalue weighted by molar-refractivity contribution is 5.78.